The SMILES string of the molecule is CCCCN(CCCC)CC(O)COc1cc2oc3cc(OCC(O)CN(CCCC)CCCC)c(OC)c(CC=C(C)C)c3c(=O)c2c(O)c1CC=C(C)C. The lowest BCUT2D eigenvalue weighted by atomic mass is 9.98. The summed E-state index contributed by atoms with van der Waals surface area (Å²) in [4.78, 5) is 19.2. The lowest BCUT2D eigenvalue weighted by molar-refractivity contribution is 0.0661. The molecule has 0 aliphatic carbocycles. The van der Waals surface area contributed by atoms with Gasteiger partial charge >= 0.3 is 0 Å². The smallest absolute Gasteiger partial charge is 0.204 e. The van der Waals surface area contributed by atoms with Crippen LogP contribution in [0.5, 0.6) is 23.0 Å². The molecule has 1 heterocycles. The molecule has 0 radical (unpaired) electrons. The number of rotatable bonds is 27. The summed E-state index contributed by atoms with van der Waals surface area (Å²) in [7, 11) is 1.54. The maximum Gasteiger partial charge on any atom is 0.204 e. The summed E-state index contributed by atoms with van der Waals surface area (Å²) in [5, 5.41) is 34.4. The van der Waals surface area contributed by atoms with Crippen molar-refractivity contribution in [2.45, 2.75) is 132 Å². The molecule has 0 aliphatic rings. The summed E-state index contributed by atoms with van der Waals surface area (Å²) in [6.07, 6.45) is 11.7. The number of phenolic OH excluding ortho intramolecular Hbond substituents is 1. The second-order valence-electron chi connectivity index (χ2n) is 15.7. The van der Waals surface area contributed by atoms with Crippen LogP contribution in [0.3, 0.4) is 0 Å². The standard InChI is InChI=1S/C46H72N2O8/c1-10-14-22-47(23-15-11-2)28-34(49)30-54-38-26-40-43(44(51)36(38)20-18-32(5)6)45(52)42-37(21-19-33(7)8)46(53-9)41(27-39(42)56-40)55-31-35(50)29-48(24-16-12-3)25-17-13-4/h18-19,26-27,34-35,49-51H,10-17,20-25,28-31H2,1-9H3. The lowest BCUT2D eigenvalue weighted by Gasteiger charge is -2.25. The highest BCUT2D eigenvalue weighted by Gasteiger charge is 2.25. The fourth-order valence-corrected chi connectivity index (χ4v) is 6.86. The molecule has 3 aromatic rings. The Morgan fingerprint density at radius 1 is 0.696 bits per heavy atom. The first-order valence-electron chi connectivity index (χ1n) is 21.1. The number of methoxy groups -OCH3 is 1. The maximum absolute atomic E-state index is 14.6. The number of fused-ring (bicyclic) bond motifs is 2. The number of hydrogen-bond acceptors (Lipinski definition) is 10. The number of aromatic hydroxyl groups is 1. The first-order chi connectivity index (χ1) is 26.9. The van der Waals surface area contributed by atoms with E-state index in [1.165, 1.54) is 7.11 Å². The van der Waals surface area contributed by atoms with Crippen LogP contribution >= 0.6 is 0 Å². The quantitative estimate of drug-likeness (QED) is 0.0510. The largest absolute Gasteiger partial charge is 0.507 e. The van der Waals surface area contributed by atoms with Crippen LogP contribution in [0.15, 0.2) is 44.6 Å². The molecule has 0 fully saturated rings. The van der Waals surface area contributed by atoms with Crippen molar-refractivity contribution in [3.05, 3.63) is 56.8 Å². The molecule has 314 valence electrons. The van der Waals surface area contributed by atoms with Crippen LogP contribution in [0.2, 0.25) is 0 Å². The van der Waals surface area contributed by atoms with Crippen LogP contribution in [0, 0.1) is 0 Å². The number of aliphatic hydroxyl groups is 2. The van der Waals surface area contributed by atoms with Crippen LogP contribution in [-0.2, 0) is 12.8 Å². The van der Waals surface area contributed by atoms with Gasteiger partial charge in [0.1, 0.15) is 53.5 Å². The van der Waals surface area contributed by atoms with Gasteiger partial charge in [-0.05, 0) is 92.4 Å². The molecule has 0 spiro atoms. The highest BCUT2D eigenvalue weighted by molar-refractivity contribution is 5.98. The van der Waals surface area contributed by atoms with Crippen molar-refractivity contribution in [3.8, 4) is 23.0 Å². The molecule has 3 N–H and O–H groups in total. The van der Waals surface area contributed by atoms with Gasteiger partial charge in [0.25, 0.3) is 0 Å². The highest BCUT2D eigenvalue weighted by Crippen LogP contribution is 2.42. The van der Waals surface area contributed by atoms with Gasteiger partial charge in [0.05, 0.1) is 12.5 Å². The van der Waals surface area contributed by atoms with Gasteiger partial charge in [0.15, 0.2) is 11.5 Å². The molecule has 10 nitrogen and oxygen atoms in total. The molecule has 2 atom stereocenters. The van der Waals surface area contributed by atoms with E-state index in [0.29, 0.717) is 54.3 Å². The third kappa shape index (κ3) is 13.8. The minimum atomic E-state index is -0.757. The Labute approximate surface area is 336 Å². The van der Waals surface area contributed by atoms with E-state index in [4.69, 9.17) is 18.6 Å². The summed E-state index contributed by atoms with van der Waals surface area (Å²) in [6, 6.07) is 3.29. The normalized spacial score (nSPS) is 12.7. The molecule has 0 bridgehead atoms. The van der Waals surface area contributed by atoms with E-state index in [1.54, 1.807) is 12.1 Å². The minimum absolute atomic E-state index is 0.0119. The number of phenols is 1. The Balaban J connectivity index is 2.12. The molecule has 0 amide bonds. The predicted molar refractivity (Wildman–Crippen MR) is 230 cm³/mol. The van der Waals surface area contributed by atoms with E-state index >= 15 is 0 Å². The monoisotopic (exact) mass is 781 g/mol. The molecule has 10 heteroatoms. The average molecular weight is 781 g/mol. The van der Waals surface area contributed by atoms with Gasteiger partial charge in [-0.2, -0.15) is 0 Å². The van der Waals surface area contributed by atoms with Gasteiger partial charge < -0.3 is 43.7 Å². The second-order valence-corrected chi connectivity index (χ2v) is 15.7. The van der Waals surface area contributed by atoms with E-state index in [9.17, 15) is 20.1 Å². The Hall–Kier alpha value is -3.57. The van der Waals surface area contributed by atoms with Gasteiger partial charge in [-0.1, -0.05) is 76.7 Å². The van der Waals surface area contributed by atoms with Crippen LogP contribution in [0.1, 0.15) is 118 Å². The van der Waals surface area contributed by atoms with Gasteiger partial charge in [-0.15, -0.1) is 0 Å². The Morgan fingerprint density at radius 3 is 1.57 bits per heavy atom. The fourth-order valence-electron chi connectivity index (χ4n) is 6.86. The zero-order valence-corrected chi connectivity index (χ0v) is 36.0. The average Bonchev–Trinajstić information content (AvgIpc) is 3.16. The van der Waals surface area contributed by atoms with Crippen LogP contribution < -0.4 is 19.6 Å². The molecular weight excluding hydrogens is 709 g/mol. The maximum atomic E-state index is 14.6. The molecule has 0 saturated carbocycles. The van der Waals surface area contributed by atoms with Crippen molar-refractivity contribution in [1.82, 2.24) is 9.80 Å². The summed E-state index contributed by atoms with van der Waals surface area (Å²) in [5.41, 5.74) is 3.15. The number of hydrogen-bond donors (Lipinski definition) is 3. The first kappa shape index (κ1) is 46.8. The summed E-state index contributed by atoms with van der Waals surface area (Å²) < 4.78 is 24.9. The molecule has 0 aliphatic heterocycles. The topological polar surface area (TPSA) is 125 Å². The van der Waals surface area contributed by atoms with Crippen molar-refractivity contribution in [1.29, 1.82) is 0 Å². The molecule has 2 aromatic carbocycles. The van der Waals surface area contributed by atoms with Gasteiger partial charge in [-0.25, -0.2) is 0 Å². The van der Waals surface area contributed by atoms with Gasteiger partial charge in [0, 0.05) is 36.3 Å². The van der Waals surface area contributed by atoms with Gasteiger partial charge in [-0.3, -0.25) is 4.79 Å². The minimum Gasteiger partial charge on any atom is -0.507 e. The van der Waals surface area contributed by atoms with Crippen molar-refractivity contribution in [3.63, 3.8) is 0 Å². The number of aliphatic hydroxyl groups excluding tert-OH is 2. The van der Waals surface area contributed by atoms with Crippen LogP contribution in [-0.4, -0.2) is 96.9 Å². The van der Waals surface area contributed by atoms with E-state index in [0.717, 1.165) is 88.7 Å². The van der Waals surface area contributed by atoms with E-state index < -0.39 is 17.6 Å². The van der Waals surface area contributed by atoms with E-state index in [2.05, 4.69) is 37.5 Å². The number of unbranched alkanes of at least 4 members (excludes halogenated alkanes) is 4. The van der Waals surface area contributed by atoms with Crippen LogP contribution in [0.25, 0.3) is 21.9 Å². The molecule has 1 aromatic heterocycles. The Morgan fingerprint density at radius 2 is 1.12 bits per heavy atom. The number of ether oxygens (including phenoxy) is 3. The van der Waals surface area contributed by atoms with Gasteiger partial charge in [0.2, 0.25) is 5.43 Å². The predicted octanol–water partition coefficient (Wildman–Crippen LogP) is 8.96. The Bertz CT molecular complexity index is 1760. The molecular formula is C46H72N2O8. The highest BCUT2D eigenvalue weighted by atomic mass is 16.5. The summed E-state index contributed by atoms with van der Waals surface area (Å²) >= 11 is 0. The molecule has 56 heavy (non-hydrogen) atoms. The number of nitrogens with zero attached hydrogens (tertiary/aromatic N) is 2. The molecule has 3 rings (SSSR count). The van der Waals surface area contributed by atoms with Crippen molar-refractivity contribution >= 4 is 21.9 Å². The first-order valence-corrected chi connectivity index (χ1v) is 21.1. The molecule has 2 unspecified atom stereocenters. The van der Waals surface area contributed by atoms with Crippen molar-refractivity contribution in [2.24, 2.45) is 0 Å². The summed E-state index contributed by atoms with van der Waals surface area (Å²) in [5.74, 6) is 0.870. The van der Waals surface area contributed by atoms with Crippen molar-refractivity contribution in [2.75, 3.05) is 59.6 Å². The van der Waals surface area contributed by atoms with Crippen molar-refractivity contribution < 1.29 is 33.9 Å². The fraction of sp³-hybridized carbons (Fsp3) is 0.630. The zero-order valence-electron chi connectivity index (χ0n) is 36.0. The lowest BCUT2D eigenvalue weighted by Crippen LogP contribution is -2.37. The third-order valence-corrected chi connectivity index (χ3v) is 10.1. The number of benzene rings is 2. The second kappa shape index (κ2) is 24.3. The number of allylic oxidation sites excluding steroid dienone is 4. The zero-order chi connectivity index (χ0) is 41.2. The van der Waals surface area contributed by atoms with E-state index in [1.807, 2.05) is 39.8 Å². The third-order valence-electron chi connectivity index (χ3n) is 10.1. The van der Waals surface area contributed by atoms with Crippen LogP contribution in [0.4, 0.5) is 0 Å². The van der Waals surface area contributed by atoms with E-state index in [-0.39, 0.29) is 40.9 Å². The molecule has 0 saturated heterocycles. The Kier molecular flexibility index (Phi) is 20.3. The summed E-state index contributed by atoms with van der Waals surface area (Å²) in [6.45, 7) is 21.2.